The van der Waals surface area contributed by atoms with Crippen LogP contribution < -0.4 is 5.32 Å². The number of aromatic nitrogens is 3. The summed E-state index contributed by atoms with van der Waals surface area (Å²) in [6.45, 7) is 0.931. The van der Waals surface area contributed by atoms with E-state index in [1.54, 1.807) is 17.1 Å². The van der Waals surface area contributed by atoms with Crippen molar-refractivity contribution in [3.63, 3.8) is 0 Å². The van der Waals surface area contributed by atoms with Gasteiger partial charge in [-0.3, -0.25) is 4.68 Å². The van der Waals surface area contributed by atoms with E-state index in [1.165, 1.54) is 0 Å². The summed E-state index contributed by atoms with van der Waals surface area (Å²) in [5.41, 5.74) is 0. The molecule has 98 valence electrons. The first-order chi connectivity index (χ1) is 8.08. The van der Waals surface area contributed by atoms with Gasteiger partial charge in [0.05, 0.1) is 12.7 Å². The van der Waals surface area contributed by atoms with Gasteiger partial charge in [-0.05, 0) is 13.0 Å². The van der Waals surface area contributed by atoms with Crippen molar-refractivity contribution in [3.8, 4) is 0 Å². The number of ether oxygens (including phenoxy) is 1. The smallest absolute Gasteiger partial charge is 0.372 e. The molecule has 0 unspecified atom stereocenters. The van der Waals surface area contributed by atoms with Gasteiger partial charge >= 0.3 is 6.18 Å². The Labute approximate surface area is 96.9 Å². The summed E-state index contributed by atoms with van der Waals surface area (Å²) in [5.74, 6) is 0. The molecular weight excluding hydrogens is 237 g/mol. The van der Waals surface area contributed by atoms with Crippen molar-refractivity contribution in [1.82, 2.24) is 20.3 Å². The van der Waals surface area contributed by atoms with Crippen LogP contribution in [-0.4, -0.2) is 47.5 Å². The second-order valence-electron chi connectivity index (χ2n) is 3.44. The maximum absolute atomic E-state index is 11.7. The predicted octanol–water partition coefficient (Wildman–Crippen LogP) is 0.837. The molecule has 0 fully saturated rings. The molecule has 5 nitrogen and oxygen atoms in total. The molecule has 0 amide bonds. The van der Waals surface area contributed by atoms with Gasteiger partial charge in [0, 0.05) is 19.3 Å². The van der Waals surface area contributed by atoms with Gasteiger partial charge in [0.1, 0.15) is 6.61 Å². The van der Waals surface area contributed by atoms with Gasteiger partial charge in [0.2, 0.25) is 0 Å². The third-order valence-electron chi connectivity index (χ3n) is 1.90. The Balaban J connectivity index is 1.85. The van der Waals surface area contributed by atoms with Crippen LogP contribution in [0, 0.1) is 0 Å². The van der Waals surface area contributed by atoms with Gasteiger partial charge in [0.25, 0.3) is 0 Å². The van der Waals surface area contributed by atoms with Crippen molar-refractivity contribution >= 4 is 0 Å². The van der Waals surface area contributed by atoms with Crippen molar-refractivity contribution < 1.29 is 17.9 Å². The molecule has 1 heterocycles. The average Bonchev–Trinajstić information content (AvgIpc) is 2.73. The molecule has 17 heavy (non-hydrogen) atoms. The predicted molar refractivity (Wildman–Crippen MR) is 54.4 cm³/mol. The minimum Gasteiger partial charge on any atom is -0.372 e. The van der Waals surface area contributed by atoms with E-state index in [0.29, 0.717) is 26.1 Å². The molecule has 0 aliphatic rings. The fourth-order valence-electron chi connectivity index (χ4n) is 1.16. The first-order valence-corrected chi connectivity index (χ1v) is 5.27. The van der Waals surface area contributed by atoms with E-state index in [0.717, 1.165) is 0 Å². The minimum absolute atomic E-state index is 0.107. The third-order valence-corrected chi connectivity index (χ3v) is 1.90. The van der Waals surface area contributed by atoms with Crippen molar-refractivity contribution in [3.05, 3.63) is 12.4 Å². The Bertz CT molecular complexity index is 289. The molecule has 0 saturated heterocycles. The lowest BCUT2D eigenvalue weighted by atomic mass is 10.4. The topological polar surface area (TPSA) is 52.0 Å². The van der Waals surface area contributed by atoms with Crippen LogP contribution in [0.25, 0.3) is 0 Å². The fraction of sp³-hybridized carbons (Fsp3) is 0.778. The summed E-state index contributed by atoms with van der Waals surface area (Å²) in [4.78, 5) is 0. The second kappa shape index (κ2) is 7.23. The van der Waals surface area contributed by atoms with Crippen LogP contribution in [0.15, 0.2) is 12.4 Å². The molecule has 1 aromatic heterocycles. The van der Waals surface area contributed by atoms with Gasteiger partial charge in [-0.1, -0.05) is 5.21 Å². The monoisotopic (exact) mass is 252 g/mol. The highest BCUT2D eigenvalue weighted by Gasteiger charge is 2.26. The summed E-state index contributed by atoms with van der Waals surface area (Å²) < 4.78 is 41.2. The molecule has 1 N–H and O–H groups in total. The zero-order valence-electron chi connectivity index (χ0n) is 9.28. The lowest BCUT2D eigenvalue weighted by Crippen LogP contribution is -2.23. The van der Waals surface area contributed by atoms with E-state index in [2.05, 4.69) is 20.4 Å². The minimum atomic E-state index is -4.24. The quantitative estimate of drug-likeness (QED) is 0.696. The van der Waals surface area contributed by atoms with Crippen molar-refractivity contribution in [2.75, 3.05) is 26.3 Å². The van der Waals surface area contributed by atoms with Gasteiger partial charge in [0.15, 0.2) is 0 Å². The number of nitrogens with one attached hydrogen (secondary N) is 1. The highest BCUT2D eigenvalue weighted by atomic mass is 19.4. The van der Waals surface area contributed by atoms with Gasteiger partial charge < -0.3 is 10.1 Å². The Morgan fingerprint density at radius 1 is 1.29 bits per heavy atom. The van der Waals surface area contributed by atoms with Crippen LogP contribution in [-0.2, 0) is 11.3 Å². The number of hydrogen-bond acceptors (Lipinski definition) is 4. The molecule has 0 aliphatic heterocycles. The maximum atomic E-state index is 11.7. The number of nitrogens with zero attached hydrogens (tertiary/aromatic N) is 3. The molecule has 0 aliphatic carbocycles. The van der Waals surface area contributed by atoms with Gasteiger partial charge in [-0.15, -0.1) is 5.10 Å². The number of rotatable bonds is 8. The molecule has 0 atom stereocenters. The normalized spacial score (nSPS) is 11.9. The molecule has 1 aromatic rings. The molecule has 0 aromatic carbocycles. The molecule has 0 bridgehead atoms. The van der Waals surface area contributed by atoms with Crippen LogP contribution in [0.1, 0.15) is 6.42 Å². The zero-order valence-corrected chi connectivity index (χ0v) is 9.28. The second-order valence-corrected chi connectivity index (χ2v) is 3.44. The summed E-state index contributed by atoms with van der Waals surface area (Å²) in [7, 11) is 0. The van der Waals surface area contributed by atoms with Crippen LogP contribution in [0.4, 0.5) is 13.2 Å². The highest BCUT2D eigenvalue weighted by Crippen LogP contribution is 2.14. The third kappa shape index (κ3) is 7.70. The summed E-state index contributed by atoms with van der Waals surface area (Å²) >= 11 is 0. The fourth-order valence-corrected chi connectivity index (χ4v) is 1.16. The van der Waals surface area contributed by atoms with E-state index in [1.807, 2.05) is 0 Å². The molecular formula is C9H15F3N4O. The largest absolute Gasteiger partial charge is 0.411 e. The Morgan fingerprint density at radius 2 is 2.12 bits per heavy atom. The molecule has 8 heteroatoms. The summed E-state index contributed by atoms with van der Waals surface area (Å²) in [6.07, 6.45) is -0.354. The number of alkyl halides is 3. The Hall–Kier alpha value is -1.15. The molecule has 0 spiro atoms. The van der Waals surface area contributed by atoms with Crippen molar-refractivity contribution in [1.29, 1.82) is 0 Å². The Morgan fingerprint density at radius 3 is 2.76 bits per heavy atom. The molecule has 1 rings (SSSR count). The van der Waals surface area contributed by atoms with E-state index in [-0.39, 0.29) is 6.61 Å². The molecule has 0 saturated carbocycles. The maximum Gasteiger partial charge on any atom is 0.411 e. The number of halogens is 3. The van der Waals surface area contributed by atoms with Crippen LogP contribution in [0.5, 0.6) is 0 Å². The summed E-state index contributed by atoms with van der Waals surface area (Å²) in [6, 6.07) is 0. The molecule has 0 radical (unpaired) electrons. The highest BCUT2D eigenvalue weighted by molar-refractivity contribution is 4.64. The standard InChI is InChI=1S/C9H15F3N4O/c10-9(11,12)8-17-7-1-2-13-3-5-16-6-4-14-15-16/h4,6,13H,1-3,5,7-8H2. The van der Waals surface area contributed by atoms with Crippen LogP contribution >= 0.6 is 0 Å². The summed E-state index contributed by atoms with van der Waals surface area (Å²) in [5, 5.41) is 10.5. The Kier molecular flexibility index (Phi) is 5.92. The number of hydrogen-bond donors (Lipinski definition) is 1. The van der Waals surface area contributed by atoms with Crippen molar-refractivity contribution in [2.24, 2.45) is 0 Å². The van der Waals surface area contributed by atoms with E-state index in [4.69, 9.17) is 0 Å². The first-order valence-electron chi connectivity index (χ1n) is 5.27. The van der Waals surface area contributed by atoms with Crippen LogP contribution in [0.2, 0.25) is 0 Å². The van der Waals surface area contributed by atoms with E-state index in [9.17, 15) is 13.2 Å². The van der Waals surface area contributed by atoms with Crippen molar-refractivity contribution in [2.45, 2.75) is 19.1 Å². The zero-order chi connectivity index (χ0) is 12.6. The van der Waals surface area contributed by atoms with Gasteiger partial charge in [-0.25, -0.2) is 0 Å². The lowest BCUT2D eigenvalue weighted by Gasteiger charge is -2.08. The lowest BCUT2D eigenvalue weighted by molar-refractivity contribution is -0.173. The van der Waals surface area contributed by atoms with E-state index < -0.39 is 12.8 Å². The first kappa shape index (κ1) is 13.9. The van der Waals surface area contributed by atoms with E-state index >= 15 is 0 Å². The average molecular weight is 252 g/mol. The SMILES string of the molecule is FC(F)(F)COCCCNCCn1ccnn1. The van der Waals surface area contributed by atoms with Crippen LogP contribution in [0.3, 0.4) is 0 Å². The van der Waals surface area contributed by atoms with Gasteiger partial charge in [-0.2, -0.15) is 13.2 Å².